The van der Waals surface area contributed by atoms with Crippen LogP contribution in [0.1, 0.15) is 10.4 Å². The van der Waals surface area contributed by atoms with E-state index in [1.165, 1.54) is 0 Å². The van der Waals surface area contributed by atoms with Gasteiger partial charge in [-0.25, -0.2) is 4.98 Å². The van der Waals surface area contributed by atoms with Gasteiger partial charge in [-0.2, -0.15) is 0 Å². The molecule has 2 heterocycles. The van der Waals surface area contributed by atoms with Gasteiger partial charge in [-0.05, 0) is 18.2 Å². The molecule has 6 heteroatoms. The lowest BCUT2D eigenvalue weighted by Gasteiger charge is -2.12. The summed E-state index contributed by atoms with van der Waals surface area (Å²) in [5.41, 5.74) is 3.23. The van der Waals surface area contributed by atoms with Crippen molar-refractivity contribution in [2.24, 2.45) is 0 Å². The van der Waals surface area contributed by atoms with Crippen LogP contribution < -0.4 is 16.2 Å². The Labute approximate surface area is 131 Å². The third-order valence-corrected chi connectivity index (χ3v) is 3.88. The number of nitrogens with one attached hydrogen (secondary N) is 3. The molecule has 0 fully saturated rings. The number of carbonyl (C=O) groups excluding carboxylic acids is 1. The molecule has 4 rings (SSSR count). The van der Waals surface area contributed by atoms with Crippen molar-refractivity contribution in [2.75, 3.05) is 18.4 Å². The average molecular weight is 306 g/mol. The minimum absolute atomic E-state index is 0.149. The molecule has 1 aliphatic heterocycles. The molecule has 0 bridgehead atoms. The van der Waals surface area contributed by atoms with E-state index >= 15 is 0 Å². The van der Waals surface area contributed by atoms with Crippen molar-refractivity contribution in [3.63, 3.8) is 0 Å². The largest absolute Gasteiger partial charge is 0.382 e. The van der Waals surface area contributed by atoms with Crippen molar-refractivity contribution in [3.05, 3.63) is 58.4 Å². The summed E-state index contributed by atoms with van der Waals surface area (Å²) in [6.45, 7) is 1.13. The number of benzene rings is 2. The van der Waals surface area contributed by atoms with Crippen molar-refractivity contribution in [1.29, 1.82) is 0 Å². The first kappa shape index (κ1) is 13.5. The maximum absolute atomic E-state index is 12.4. The predicted molar refractivity (Wildman–Crippen MR) is 88.6 cm³/mol. The van der Waals surface area contributed by atoms with Gasteiger partial charge >= 0.3 is 0 Å². The maximum Gasteiger partial charge on any atom is 0.275 e. The number of fused-ring (bicyclic) bond motifs is 2. The van der Waals surface area contributed by atoms with Crippen molar-refractivity contribution in [1.82, 2.24) is 15.3 Å². The van der Waals surface area contributed by atoms with E-state index in [-0.39, 0.29) is 11.5 Å². The van der Waals surface area contributed by atoms with Crippen LogP contribution in [0.15, 0.2) is 47.3 Å². The molecule has 0 spiro atoms. The SMILES string of the molecule is O=C1NCCNc2c1cccc2-c1nc2ccccc2[nH]c1=O. The van der Waals surface area contributed by atoms with Gasteiger partial charge in [0, 0.05) is 18.7 Å². The molecule has 1 aliphatic rings. The minimum atomic E-state index is -0.274. The second-order valence-corrected chi connectivity index (χ2v) is 5.34. The van der Waals surface area contributed by atoms with Gasteiger partial charge in [0.15, 0.2) is 0 Å². The van der Waals surface area contributed by atoms with Gasteiger partial charge in [-0.15, -0.1) is 0 Å². The van der Waals surface area contributed by atoms with E-state index in [4.69, 9.17) is 0 Å². The van der Waals surface area contributed by atoms with Crippen LogP contribution in [0.5, 0.6) is 0 Å². The Hall–Kier alpha value is -3.15. The number of carbonyl (C=O) groups is 1. The molecule has 2 aromatic carbocycles. The van der Waals surface area contributed by atoms with Crippen molar-refractivity contribution in [2.45, 2.75) is 0 Å². The molecule has 0 aliphatic carbocycles. The fraction of sp³-hybridized carbons (Fsp3) is 0.118. The fourth-order valence-electron chi connectivity index (χ4n) is 2.80. The molecule has 3 N–H and O–H groups in total. The molecule has 1 aromatic heterocycles. The molecule has 0 saturated heterocycles. The summed E-state index contributed by atoms with van der Waals surface area (Å²) in [5.74, 6) is -0.149. The molecule has 1 amide bonds. The van der Waals surface area contributed by atoms with E-state index in [9.17, 15) is 9.59 Å². The van der Waals surface area contributed by atoms with Crippen LogP contribution >= 0.6 is 0 Å². The predicted octanol–water partition coefficient (Wildman–Crippen LogP) is 1.75. The first-order chi connectivity index (χ1) is 11.2. The van der Waals surface area contributed by atoms with Crippen molar-refractivity contribution < 1.29 is 4.79 Å². The van der Waals surface area contributed by atoms with E-state index in [1.807, 2.05) is 24.3 Å². The zero-order chi connectivity index (χ0) is 15.8. The number of hydrogen-bond donors (Lipinski definition) is 3. The Bertz CT molecular complexity index is 978. The molecule has 0 unspecified atom stereocenters. The number of H-pyrrole nitrogens is 1. The molecular formula is C17H14N4O2. The summed E-state index contributed by atoms with van der Waals surface area (Å²) in [6, 6.07) is 12.7. The van der Waals surface area contributed by atoms with Gasteiger partial charge in [0.25, 0.3) is 11.5 Å². The Morgan fingerprint density at radius 1 is 0.870 bits per heavy atom. The van der Waals surface area contributed by atoms with Gasteiger partial charge < -0.3 is 15.6 Å². The minimum Gasteiger partial charge on any atom is -0.382 e. The number of aromatic amines is 1. The van der Waals surface area contributed by atoms with Gasteiger partial charge in [0.2, 0.25) is 0 Å². The lowest BCUT2D eigenvalue weighted by Crippen LogP contribution is -2.24. The van der Waals surface area contributed by atoms with Crippen LogP contribution in [0.3, 0.4) is 0 Å². The normalized spacial score (nSPS) is 13.8. The Morgan fingerprint density at radius 3 is 2.57 bits per heavy atom. The third kappa shape index (κ3) is 2.24. The van der Waals surface area contributed by atoms with Gasteiger partial charge in [-0.3, -0.25) is 9.59 Å². The second-order valence-electron chi connectivity index (χ2n) is 5.34. The number of anilines is 1. The van der Waals surface area contributed by atoms with Crippen molar-refractivity contribution >= 4 is 22.6 Å². The Morgan fingerprint density at radius 2 is 1.65 bits per heavy atom. The number of hydrogen-bond acceptors (Lipinski definition) is 4. The lowest BCUT2D eigenvalue weighted by atomic mass is 10.0. The van der Waals surface area contributed by atoms with E-state index in [2.05, 4.69) is 20.6 Å². The molecule has 6 nitrogen and oxygen atoms in total. The zero-order valence-corrected chi connectivity index (χ0v) is 12.2. The maximum atomic E-state index is 12.4. The van der Waals surface area contributed by atoms with Crippen LogP contribution in [-0.2, 0) is 0 Å². The van der Waals surface area contributed by atoms with Gasteiger partial charge in [0.1, 0.15) is 5.69 Å². The van der Waals surface area contributed by atoms with Gasteiger partial charge in [-0.1, -0.05) is 24.3 Å². The average Bonchev–Trinajstić information content (AvgIpc) is 2.76. The van der Waals surface area contributed by atoms with Crippen LogP contribution in [0.25, 0.3) is 22.3 Å². The first-order valence-corrected chi connectivity index (χ1v) is 7.38. The molecule has 3 aromatic rings. The van der Waals surface area contributed by atoms with E-state index in [0.717, 1.165) is 0 Å². The number of para-hydroxylation sites is 3. The quantitative estimate of drug-likeness (QED) is 0.639. The van der Waals surface area contributed by atoms with Crippen molar-refractivity contribution in [3.8, 4) is 11.3 Å². The topological polar surface area (TPSA) is 86.9 Å². The smallest absolute Gasteiger partial charge is 0.275 e. The highest BCUT2D eigenvalue weighted by molar-refractivity contribution is 6.03. The summed E-state index contributed by atoms with van der Waals surface area (Å²) in [7, 11) is 0. The number of aromatic nitrogens is 2. The van der Waals surface area contributed by atoms with E-state index in [0.29, 0.717) is 46.6 Å². The second kappa shape index (κ2) is 5.24. The lowest BCUT2D eigenvalue weighted by molar-refractivity contribution is 0.0958. The summed E-state index contributed by atoms with van der Waals surface area (Å²) in [6.07, 6.45) is 0. The van der Waals surface area contributed by atoms with Crippen LogP contribution in [0, 0.1) is 0 Å². The number of nitrogens with zero attached hydrogens (tertiary/aromatic N) is 1. The first-order valence-electron chi connectivity index (χ1n) is 7.38. The van der Waals surface area contributed by atoms with E-state index in [1.54, 1.807) is 18.2 Å². The van der Waals surface area contributed by atoms with Crippen LogP contribution in [0.4, 0.5) is 5.69 Å². The molecule has 23 heavy (non-hydrogen) atoms. The highest BCUT2D eigenvalue weighted by Gasteiger charge is 2.20. The molecule has 0 saturated carbocycles. The summed E-state index contributed by atoms with van der Waals surface area (Å²) >= 11 is 0. The number of rotatable bonds is 1. The zero-order valence-electron chi connectivity index (χ0n) is 12.2. The number of amides is 1. The molecular weight excluding hydrogens is 292 g/mol. The molecule has 0 radical (unpaired) electrons. The van der Waals surface area contributed by atoms with Crippen LogP contribution in [0.2, 0.25) is 0 Å². The Balaban J connectivity index is 1.98. The highest BCUT2D eigenvalue weighted by Crippen LogP contribution is 2.29. The van der Waals surface area contributed by atoms with Crippen LogP contribution in [-0.4, -0.2) is 29.0 Å². The molecule has 0 atom stereocenters. The van der Waals surface area contributed by atoms with Gasteiger partial charge in [0.05, 0.1) is 22.3 Å². The fourth-order valence-corrected chi connectivity index (χ4v) is 2.80. The third-order valence-electron chi connectivity index (χ3n) is 3.88. The summed E-state index contributed by atoms with van der Waals surface area (Å²) in [4.78, 5) is 31.9. The Kier molecular flexibility index (Phi) is 3.08. The monoisotopic (exact) mass is 306 g/mol. The standard InChI is InChI=1S/C17H14N4O2/c22-16-11-5-3-4-10(14(11)18-8-9-19-16)15-17(23)21-13-7-2-1-6-12(13)20-15/h1-7,18H,8-9H2,(H,19,22)(H,21,23). The van der Waals surface area contributed by atoms with E-state index < -0.39 is 0 Å². The highest BCUT2D eigenvalue weighted by atomic mass is 16.1. The summed E-state index contributed by atoms with van der Waals surface area (Å²) < 4.78 is 0. The molecule has 114 valence electrons. The summed E-state index contributed by atoms with van der Waals surface area (Å²) in [5, 5.41) is 6.04.